The molecule has 1 aliphatic carbocycles. The van der Waals surface area contributed by atoms with E-state index in [9.17, 15) is 14.7 Å². The molecule has 3 fully saturated rings. The summed E-state index contributed by atoms with van der Waals surface area (Å²) in [6.07, 6.45) is 3.90. The number of benzene rings is 1. The lowest BCUT2D eigenvalue weighted by atomic mass is 9.83. The van der Waals surface area contributed by atoms with Crippen molar-refractivity contribution in [3.8, 4) is 5.75 Å². The number of hydrogen-bond acceptors (Lipinski definition) is 6. The van der Waals surface area contributed by atoms with E-state index in [0.717, 1.165) is 25.3 Å². The van der Waals surface area contributed by atoms with Crippen molar-refractivity contribution in [1.82, 2.24) is 4.57 Å². The second-order valence-electron chi connectivity index (χ2n) is 8.60. The van der Waals surface area contributed by atoms with Gasteiger partial charge >= 0.3 is 5.97 Å². The third-order valence-electron chi connectivity index (χ3n) is 6.73. The lowest BCUT2D eigenvalue weighted by molar-refractivity contribution is 0.0695. The molecule has 9 heteroatoms. The maximum atomic E-state index is 15.4. The SMILES string of the molecule is COc1c(N2CC(N)C3(CCOC3)C2)c(F)cc2c(=O)c(C(=O)O)cn(C3CC3)c12. The lowest BCUT2D eigenvalue weighted by Crippen LogP contribution is -2.40. The molecule has 1 aromatic carbocycles. The average molecular weight is 417 g/mol. The number of ether oxygens (including phenoxy) is 2. The number of anilines is 1. The molecular formula is C21H24FN3O5. The highest BCUT2D eigenvalue weighted by Gasteiger charge is 2.48. The van der Waals surface area contributed by atoms with Crippen LogP contribution in [0, 0.1) is 11.2 Å². The van der Waals surface area contributed by atoms with Crippen molar-refractivity contribution in [1.29, 1.82) is 0 Å². The number of aromatic nitrogens is 1. The number of halogens is 1. The monoisotopic (exact) mass is 417 g/mol. The summed E-state index contributed by atoms with van der Waals surface area (Å²) in [5.41, 5.74) is 5.81. The molecule has 2 saturated heterocycles. The first kappa shape index (κ1) is 19.3. The molecule has 8 nitrogen and oxygen atoms in total. The predicted molar refractivity (Wildman–Crippen MR) is 108 cm³/mol. The topological polar surface area (TPSA) is 107 Å². The number of nitrogens with two attached hydrogens (primary N) is 1. The van der Waals surface area contributed by atoms with Gasteiger partial charge in [0, 0.05) is 43.4 Å². The predicted octanol–water partition coefficient (Wildman–Crippen LogP) is 1.74. The zero-order valence-corrected chi connectivity index (χ0v) is 16.7. The van der Waals surface area contributed by atoms with Crippen LogP contribution in [0.3, 0.4) is 0 Å². The smallest absolute Gasteiger partial charge is 0.341 e. The first-order chi connectivity index (χ1) is 14.4. The van der Waals surface area contributed by atoms with Gasteiger partial charge in [0.1, 0.15) is 11.3 Å². The third-order valence-corrected chi connectivity index (χ3v) is 6.73. The zero-order chi connectivity index (χ0) is 21.2. The molecular weight excluding hydrogens is 393 g/mol. The van der Waals surface area contributed by atoms with Crippen LogP contribution >= 0.6 is 0 Å². The van der Waals surface area contributed by atoms with Gasteiger partial charge in [-0.3, -0.25) is 4.79 Å². The van der Waals surface area contributed by atoms with E-state index < -0.39 is 17.2 Å². The number of rotatable bonds is 4. The maximum absolute atomic E-state index is 15.4. The van der Waals surface area contributed by atoms with E-state index >= 15 is 4.39 Å². The van der Waals surface area contributed by atoms with E-state index in [0.29, 0.717) is 31.8 Å². The molecule has 30 heavy (non-hydrogen) atoms. The van der Waals surface area contributed by atoms with Crippen molar-refractivity contribution in [3.05, 3.63) is 33.9 Å². The van der Waals surface area contributed by atoms with Gasteiger partial charge in [-0.15, -0.1) is 0 Å². The summed E-state index contributed by atoms with van der Waals surface area (Å²) >= 11 is 0. The molecule has 3 N–H and O–H groups in total. The van der Waals surface area contributed by atoms with Crippen molar-refractivity contribution in [2.75, 3.05) is 38.3 Å². The van der Waals surface area contributed by atoms with Gasteiger partial charge in [0.05, 0.1) is 24.6 Å². The fourth-order valence-corrected chi connectivity index (χ4v) is 4.93. The molecule has 2 unspecified atom stereocenters. The Morgan fingerprint density at radius 2 is 2.20 bits per heavy atom. The first-order valence-electron chi connectivity index (χ1n) is 10.1. The summed E-state index contributed by atoms with van der Waals surface area (Å²) < 4.78 is 28.4. The molecule has 5 rings (SSSR count). The Morgan fingerprint density at radius 3 is 2.80 bits per heavy atom. The fraction of sp³-hybridized carbons (Fsp3) is 0.524. The number of nitrogens with zero attached hydrogens (tertiary/aromatic N) is 2. The van der Waals surface area contributed by atoms with Crippen LogP contribution in [-0.2, 0) is 4.74 Å². The maximum Gasteiger partial charge on any atom is 0.341 e. The number of pyridine rings is 1. The van der Waals surface area contributed by atoms with Gasteiger partial charge in [-0.1, -0.05) is 0 Å². The summed E-state index contributed by atoms with van der Waals surface area (Å²) in [6.45, 7) is 2.16. The number of carboxylic acids is 1. The van der Waals surface area contributed by atoms with E-state index in [1.54, 1.807) is 4.57 Å². The van der Waals surface area contributed by atoms with E-state index in [4.69, 9.17) is 15.2 Å². The standard InChI is InChI=1S/C21H24FN3O5/c1-29-19-16-12(18(26)13(20(27)28)7-25(16)11-2-3-11)6-14(22)17(19)24-8-15(23)21(9-24)4-5-30-10-21/h6-7,11,15H,2-5,8-10,23H2,1H3,(H,27,28). The molecule has 2 aromatic rings. The molecule has 3 aliphatic rings. The highest BCUT2D eigenvalue weighted by atomic mass is 19.1. The molecule has 0 radical (unpaired) electrons. The number of aromatic carboxylic acids is 1. The highest BCUT2D eigenvalue weighted by Crippen LogP contribution is 2.47. The van der Waals surface area contributed by atoms with E-state index in [2.05, 4.69) is 0 Å². The number of fused-ring (bicyclic) bond motifs is 1. The molecule has 3 heterocycles. The van der Waals surface area contributed by atoms with Crippen molar-refractivity contribution in [2.24, 2.45) is 11.1 Å². The van der Waals surface area contributed by atoms with Crippen LogP contribution in [0.4, 0.5) is 10.1 Å². The first-order valence-corrected chi connectivity index (χ1v) is 10.1. The van der Waals surface area contributed by atoms with Crippen LogP contribution < -0.4 is 20.8 Å². The number of carbonyl (C=O) groups is 1. The number of carboxylic acid groups (broad SMARTS) is 1. The van der Waals surface area contributed by atoms with Gasteiger partial charge in [-0.25, -0.2) is 9.18 Å². The second kappa shape index (κ2) is 6.68. The molecule has 0 amide bonds. The summed E-state index contributed by atoms with van der Waals surface area (Å²) in [5.74, 6) is -1.70. The van der Waals surface area contributed by atoms with E-state index in [1.165, 1.54) is 13.3 Å². The summed E-state index contributed by atoms with van der Waals surface area (Å²) in [4.78, 5) is 26.3. The van der Waals surface area contributed by atoms with Crippen LogP contribution in [0.2, 0.25) is 0 Å². The van der Waals surface area contributed by atoms with E-state index in [-0.39, 0.29) is 39.9 Å². The van der Waals surface area contributed by atoms with Crippen molar-refractivity contribution in [2.45, 2.75) is 31.3 Å². The van der Waals surface area contributed by atoms with Gasteiger partial charge in [0.15, 0.2) is 11.6 Å². The summed E-state index contributed by atoms with van der Waals surface area (Å²) in [7, 11) is 1.44. The molecule has 1 aromatic heterocycles. The Kier molecular flexibility index (Phi) is 4.30. The van der Waals surface area contributed by atoms with Crippen molar-refractivity contribution >= 4 is 22.6 Å². The minimum Gasteiger partial charge on any atom is -0.492 e. The van der Waals surface area contributed by atoms with Crippen LogP contribution in [0.25, 0.3) is 10.9 Å². The summed E-state index contributed by atoms with van der Waals surface area (Å²) in [5, 5.41) is 9.47. The van der Waals surface area contributed by atoms with Gasteiger partial charge in [0.2, 0.25) is 5.43 Å². The zero-order valence-electron chi connectivity index (χ0n) is 16.7. The highest BCUT2D eigenvalue weighted by molar-refractivity contribution is 5.97. The minimum absolute atomic E-state index is 0.0160. The Balaban J connectivity index is 1.74. The molecule has 2 aliphatic heterocycles. The molecule has 2 atom stereocenters. The normalized spacial score (nSPS) is 26.1. The fourth-order valence-electron chi connectivity index (χ4n) is 4.93. The third kappa shape index (κ3) is 2.72. The largest absolute Gasteiger partial charge is 0.492 e. The van der Waals surface area contributed by atoms with Crippen LogP contribution in [-0.4, -0.2) is 55.1 Å². The Labute approximate surface area is 172 Å². The second-order valence-corrected chi connectivity index (χ2v) is 8.60. The van der Waals surface area contributed by atoms with Gasteiger partial charge in [0.25, 0.3) is 0 Å². The molecule has 160 valence electrons. The number of methoxy groups -OCH3 is 1. The van der Waals surface area contributed by atoms with Gasteiger partial charge < -0.3 is 29.8 Å². The Hall–Kier alpha value is -2.65. The van der Waals surface area contributed by atoms with Crippen LogP contribution in [0.15, 0.2) is 17.1 Å². The van der Waals surface area contributed by atoms with Crippen molar-refractivity contribution in [3.63, 3.8) is 0 Å². The quantitative estimate of drug-likeness (QED) is 0.780. The molecule has 1 saturated carbocycles. The van der Waals surface area contributed by atoms with Crippen molar-refractivity contribution < 1.29 is 23.8 Å². The Bertz CT molecular complexity index is 1100. The van der Waals surface area contributed by atoms with Gasteiger partial charge in [-0.2, -0.15) is 0 Å². The van der Waals surface area contributed by atoms with Gasteiger partial charge in [-0.05, 0) is 25.3 Å². The van der Waals surface area contributed by atoms with Crippen LogP contribution in [0.1, 0.15) is 35.7 Å². The lowest BCUT2D eigenvalue weighted by Gasteiger charge is -2.27. The van der Waals surface area contributed by atoms with E-state index in [1.807, 2.05) is 4.90 Å². The number of hydrogen-bond donors (Lipinski definition) is 2. The van der Waals surface area contributed by atoms with Crippen LogP contribution in [0.5, 0.6) is 5.75 Å². The Morgan fingerprint density at radius 1 is 1.43 bits per heavy atom. The summed E-state index contributed by atoms with van der Waals surface area (Å²) in [6, 6.07) is 1.04. The minimum atomic E-state index is -1.33. The molecule has 1 spiro atoms. The molecule has 0 bridgehead atoms. The average Bonchev–Trinajstić information content (AvgIpc) is 3.36.